The molecule has 7 unspecified atom stereocenters. The number of carbonyl (C=O) groups excluding carboxylic acids is 7. The molecule has 18 nitrogen and oxygen atoms in total. The third kappa shape index (κ3) is 9.52. The number of ether oxygens (including phenoxy) is 3. The van der Waals surface area contributed by atoms with Crippen LogP contribution in [-0.4, -0.2) is 114 Å². The van der Waals surface area contributed by atoms with Crippen LogP contribution < -0.4 is 20.7 Å². The van der Waals surface area contributed by atoms with Gasteiger partial charge in [0, 0.05) is 37.9 Å². The fourth-order valence-electron chi connectivity index (χ4n) is 7.39. The Bertz CT molecular complexity index is 2100. The van der Waals surface area contributed by atoms with Crippen molar-refractivity contribution in [3.63, 3.8) is 0 Å². The molecular weight excluding hydrogens is 796 g/mol. The normalized spacial score (nSPS) is 26.3. The van der Waals surface area contributed by atoms with E-state index in [-0.39, 0.29) is 31.7 Å². The Kier molecular flexibility index (Phi) is 11.9. The fourth-order valence-corrected chi connectivity index (χ4v) is 8.76. The van der Waals surface area contributed by atoms with Crippen molar-refractivity contribution >= 4 is 51.6 Å². The number of hydrogen-bond acceptors (Lipinski definition) is 12. The number of amides is 6. The van der Waals surface area contributed by atoms with Gasteiger partial charge in [0.1, 0.15) is 41.2 Å². The Hall–Kier alpha value is -5.53. The summed E-state index contributed by atoms with van der Waals surface area (Å²) in [6, 6.07) is 1.44. The molecule has 0 aromatic heterocycles. The molecule has 7 atom stereocenters. The van der Waals surface area contributed by atoms with Gasteiger partial charge in [0.2, 0.25) is 27.7 Å². The van der Waals surface area contributed by atoms with Gasteiger partial charge in [-0.15, -0.1) is 6.58 Å². The number of nitrogens with one attached hydrogen (secondary N) is 4. The highest BCUT2D eigenvalue weighted by molar-refractivity contribution is 7.91. The second-order valence-corrected chi connectivity index (χ2v) is 18.5. The van der Waals surface area contributed by atoms with Crippen LogP contribution in [0.1, 0.15) is 71.4 Å². The molecule has 0 bridgehead atoms. The molecule has 1 aromatic carbocycles. The quantitative estimate of drug-likeness (QED) is 0.207. The summed E-state index contributed by atoms with van der Waals surface area (Å²) < 4.78 is 58.6. The van der Waals surface area contributed by atoms with Crippen molar-refractivity contribution in [3.8, 4) is 0 Å². The Morgan fingerprint density at radius 1 is 1.10 bits per heavy atom. The van der Waals surface area contributed by atoms with E-state index < -0.39 is 123 Å². The number of rotatable bonds is 13. The van der Waals surface area contributed by atoms with Crippen LogP contribution >= 0.6 is 0 Å². The van der Waals surface area contributed by atoms with Crippen LogP contribution in [0.2, 0.25) is 0 Å². The van der Waals surface area contributed by atoms with Gasteiger partial charge in [0.25, 0.3) is 5.91 Å². The summed E-state index contributed by atoms with van der Waals surface area (Å²) in [4.78, 5) is 96.4. The topological polar surface area (TPSA) is 236 Å². The molecule has 1 aromatic rings. The van der Waals surface area contributed by atoms with Crippen LogP contribution in [-0.2, 0) is 61.3 Å². The Labute approximate surface area is 340 Å². The zero-order valence-electron chi connectivity index (χ0n) is 33.4. The lowest BCUT2D eigenvalue weighted by molar-refractivity contribution is -0.141. The number of Topliss-reactive ketones (excluding diaryl/α,β-unsaturated/α-hetero) is 1. The van der Waals surface area contributed by atoms with E-state index in [9.17, 15) is 46.4 Å². The predicted octanol–water partition coefficient (Wildman–Crippen LogP) is 1.43. The number of alkyl carbamates (subject to hydrolysis) is 1. The Morgan fingerprint density at radius 3 is 2.41 bits per heavy atom. The van der Waals surface area contributed by atoms with Crippen LogP contribution in [0, 0.1) is 17.7 Å². The first kappa shape index (κ1) is 43.1. The molecule has 5 aliphatic rings. The second kappa shape index (κ2) is 16.3. The van der Waals surface area contributed by atoms with Gasteiger partial charge >= 0.3 is 12.2 Å². The maximum Gasteiger partial charge on any atom is 0.410 e. The van der Waals surface area contributed by atoms with E-state index in [0.29, 0.717) is 24.0 Å². The molecule has 0 spiro atoms. The molecule has 3 fully saturated rings. The van der Waals surface area contributed by atoms with E-state index in [1.165, 1.54) is 36.1 Å². The van der Waals surface area contributed by atoms with E-state index in [1.54, 1.807) is 33.8 Å². The molecule has 4 N–H and O–H groups in total. The summed E-state index contributed by atoms with van der Waals surface area (Å²) >= 11 is 0. The zero-order chi connectivity index (χ0) is 43.2. The molecule has 3 aliphatic heterocycles. The van der Waals surface area contributed by atoms with Crippen molar-refractivity contribution in [2.75, 3.05) is 13.1 Å². The highest BCUT2D eigenvalue weighted by Gasteiger charge is 2.62. The molecule has 3 heterocycles. The number of ketones is 1. The number of benzene rings is 1. The first-order valence-electron chi connectivity index (χ1n) is 19.3. The lowest BCUT2D eigenvalue weighted by atomic mass is 10.0. The number of likely N-dealkylation sites (tertiary alicyclic amines) is 1. The van der Waals surface area contributed by atoms with Crippen molar-refractivity contribution in [1.29, 1.82) is 0 Å². The molecule has 2 saturated carbocycles. The summed E-state index contributed by atoms with van der Waals surface area (Å²) in [5.41, 5.74) is -1.82. The van der Waals surface area contributed by atoms with Gasteiger partial charge < -0.3 is 35.1 Å². The number of sulfonamides is 1. The molecule has 6 amide bonds. The monoisotopic (exact) mass is 844 g/mol. The maximum absolute atomic E-state index is 14.6. The number of hydrogen-bond donors (Lipinski definition) is 4. The van der Waals surface area contributed by atoms with E-state index >= 15 is 0 Å². The molecule has 1 saturated heterocycles. The lowest BCUT2D eigenvalue weighted by Crippen LogP contribution is -2.60. The highest BCUT2D eigenvalue weighted by atomic mass is 32.2. The van der Waals surface area contributed by atoms with Gasteiger partial charge in [0.15, 0.2) is 11.5 Å². The van der Waals surface area contributed by atoms with Crippen LogP contribution in [0.3, 0.4) is 0 Å². The molecule has 20 heteroatoms. The minimum Gasteiger partial charge on any atom is -0.486 e. The van der Waals surface area contributed by atoms with Gasteiger partial charge in [-0.25, -0.2) is 22.4 Å². The van der Waals surface area contributed by atoms with Crippen molar-refractivity contribution in [2.45, 2.75) is 114 Å². The molecule has 0 radical (unpaired) electrons. The minimum absolute atomic E-state index is 0.00226. The molecule has 2 aliphatic carbocycles. The smallest absolute Gasteiger partial charge is 0.410 e. The molecule has 59 heavy (non-hydrogen) atoms. The summed E-state index contributed by atoms with van der Waals surface area (Å²) in [7, 11) is -4.01. The standard InChI is InChI=1S/C39H49FN6O12S/c1-7-23-15-39(23,35(51)44-59(54,55)25-11-12-25)43-33(49)30-13-24(57-37(53)45-17-22-9-8-10-28(40)27(22)19-45)18-46(30)34(50)29(42-36(52)58-38(4,5)6)16-41-32(48)26-14-31(20(2)47)56-21(26)3/h7-10,14,21,23-26,29-30H,1,11-13,15-19H2,2-6H3,(H,41,48)(H,42,52)(H,43,49)(H,44,51). The Morgan fingerprint density at radius 2 is 1.81 bits per heavy atom. The van der Waals surface area contributed by atoms with Crippen molar-refractivity contribution in [2.24, 2.45) is 11.8 Å². The van der Waals surface area contributed by atoms with E-state index in [0.717, 1.165) is 4.90 Å². The zero-order valence-corrected chi connectivity index (χ0v) is 34.2. The predicted molar refractivity (Wildman–Crippen MR) is 204 cm³/mol. The van der Waals surface area contributed by atoms with Crippen LogP contribution in [0.4, 0.5) is 14.0 Å². The van der Waals surface area contributed by atoms with E-state index in [1.807, 2.05) is 0 Å². The average molecular weight is 845 g/mol. The summed E-state index contributed by atoms with van der Waals surface area (Å²) in [5, 5.41) is 6.96. The van der Waals surface area contributed by atoms with Crippen LogP contribution in [0.5, 0.6) is 0 Å². The number of allylic oxidation sites excluding steroid dienone is 1. The number of carbonyl (C=O) groups is 7. The van der Waals surface area contributed by atoms with Gasteiger partial charge in [-0.1, -0.05) is 18.2 Å². The third-order valence-electron chi connectivity index (χ3n) is 10.8. The average Bonchev–Trinajstić information content (AvgIpc) is 3.98. The summed E-state index contributed by atoms with van der Waals surface area (Å²) in [5.74, 6) is -5.88. The first-order valence-corrected chi connectivity index (χ1v) is 20.9. The SMILES string of the molecule is C=CC1CC1(NC(=O)C1CC(OC(=O)N2Cc3cccc(F)c3C2)CN1C(=O)C(CNC(=O)C1C=C(C(C)=O)OC1C)NC(=O)OC(C)(C)C)C(=O)NS(=O)(=O)C1CC1. The number of nitrogens with zero attached hydrogens (tertiary/aromatic N) is 2. The maximum atomic E-state index is 14.6. The van der Waals surface area contributed by atoms with Crippen LogP contribution in [0.15, 0.2) is 42.7 Å². The van der Waals surface area contributed by atoms with Gasteiger partial charge in [-0.3, -0.25) is 33.6 Å². The van der Waals surface area contributed by atoms with Crippen LogP contribution in [0.25, 0.3) is 0 Å². The molecule has 320 valence electrons. The number of halogens is 1. The van der Waals surface area contributed by atoms with Gasteiger partial charge in [0.05, 0.1) is 24.3 Å². The van der Waals surface area contributed by atoms with E-state index in [2.05, 4.69) is 27.3 Å². The third-order valence-corrected chi connectivity index (χ3v) is 12.6. The summed E-state index contributed by atoms with van der Waals surface area (Å²) in [6.45, 7) is 10.4. The molecular formula is C39H49FN6O12S. The van der Waals surface area contributed by atoms with Crippen molar-refractivity contribution in [3.05, 3.63) is 59.6 Å². The fraction of sp³-hybridized carbons (Fsp3) is 0.564. The highest BCUT2D eigenvalue weighted by Crippen LogP contribution is 2.45. The molecule has 6 rings (SSSR count). The number of fused-ring (bicyclic) bond motifs is 1. The Balaban J connectivity index is 1.25. The van der Waals surface area contributed by atoms with Crippen molar-refractivity contribution in [1.82, 2.24) is 30.5 Å². The largest absolute Gasteiger partial charge is 0.486 e. The first-order chi connectivity index (χ1) is 27.6. The second-order valence-electron chi connectivity index (χ2n) is 16.5. The van der Waals surface area contributed by atoms with Crippen molar-refractivity contribution < 1.29 is 60.6 Å². The van der Waals surface area contributed by atoms with Gasteiger partial charge in [-0.2, -0.15) is 0 Å². The van der Waals surface area contributed by atoms with E-state index in [4.69, 9.17) is 14.2 Å². The minimum atomic E-state index is -4.01. The summed E-state index contributed by atoms with van der Waals surface area (Å²) in [6.07, 6.45) is -0.516. The van der Waals surface area contributed by atoms with Gasteiger partial charge in [-0.05, 0) is 64.7 Å². The lowest BCUT2D eigenvalue weighted by Gasteiger charge is -2.30.